The summed E-state index contributed by atoms with van der Waals surface area (Å²) < 4.78 is 11.8. The van der Waals surface area contributed by atoms with E-state index in [4.69, 9.17) is 9.47 Å². The number of hydrogen-bond acceptors (Lipinski definition) is 4. The minimum atomic E-state index is 0.127. The van der Waals surface area contributed by atoms with Crippen molar-refractivity contribution in [2.24, 2.45) is 0 Å². The highest BCUT2D eigenvalue weighted by Crippen LogP contribution is 2.36. The minimum Gasteiger partial charge on any atom is -0.493 e. The first-order chi connectivity index (χ1) is 15.2. The smallest absolute Gasteiger partial charge is 0.161 e. The van der Waals surface area contributed by atoms with Crippen LogP contribution in [-0.4, -0.2) is 13.7 Å². The van der Waals surface area contributed by atoms with E-state index in [0.717, 1.165) is 40.5 Å². The lowest BCUT2D eigenvalue weighted by molar-refractivity contribution is 0.283. The molecule has 31 heavy (non-hydrogen) atoms. The number of hydrogen-bond donors (Lipinski definition) is 1. The molecular weight excluding hydrogens is 402 g/mol. The van der Waals surface area contributed by atoms with Crippen molar-refractivity contribution < 1.29 is 9.47 Å². The summed E-state index contributed by atoms with van der Waals surface area (Å²) >= 11 is 1.72. The molecule has 4 rings (SSSR count). The molecule has 158 valence electrons. The average Bonchev–Trinajstić information content (AvgIpc) is 3.23. The number of methoxy groups -OCH3 is 1. The van der Waals surface area contributed by atoms with E-state index < -0.39 is 0 Å². The van der Waals surface area contributed by atoms with Gasteiger partial charge in [-0.1, -0.05) is 61.7 Å². The van der Waals surface area contributed by atoms with Gasteiger partial charge in [0.2, 0.25) is 0 Å². The van der Waals surface area contributed by atoms with Gasteiger partial charge in [-0.3, -0.25) is 0 Å². The fourth-order valence-corrected chi connectivity index (χ4v) is 4.74. The Labute approximate surface area is 188 Å². The summed E-state index contributed by atoms with van der Waals surface area (Å²) in [6, 6.07) is 16.7. The molecule has 1 unspecified atom stereocenters. The zero-order chi connectivity index (χ0) is 21.6. The van der Waals surface area contributed by atoms with Crippen molar-refractivity contribution in [2.45, 2.75) is 19.1 Å². The van der Waals surface area contributed by atoms with Gasteiger partial charge in [0.15, 0.2) is 11.5 Å². The van der Waals surface area contributed by atoms with E-state index in [1.54, 1.807) is 18.4 Å². The summed E-state index contributed by atoms with van der Waals surface area (Å²) in [5.41, 5.74) is 4.79. The minimum absolute atomic E-state index is 0.127. The zero-order valence-electron chi connectivity index (χ0n) is 17.8. The number of benzene rings is 2. The molecule has 0 fully saturated rings. The van der Waals surface area contributed by atoms with Gasteiger partial charge in [-0.25, -0.2) is 0 Å². The molecule has 1 aliphatic heterocycles. The molecule has 0 aliphatic carbocycles. The molecule has 0 amide bonds. The van der Waals surface area contributed by atoms with Crippen LogP contribution in [0.4, 0.5) is 0 Å². The van der Waals surface area contributed by atoms with Crippen LogP contribution < -0.4 is 14.8 Å². The highest BCUT2D eigenvalue weighted by atomic mass is 32.1. The van der Waals surface area contributed by atoms with Crippen LogP contribution in [0.2, 0.25) is 0 Å². The maximum absolute atomic E-state index is 6.10. The van der Waals surface area contributed by atoms with E-state index in [9.17, 15) is 0 Å². The van der Waals surface area contributed by atoms with Gasteiger partial charge in [-0.2, -0.15) is 0 Å². The van der Waals surface area contributed by atoms with Gasteiger partial charge in [0.25, 0.3) is 0 Å². The molecule has 1 aliphatic rings. The van der Waals surface area contributed by atoms with Gasteiger partial charge in [0, 0.05) is 16.3 Å². The summed E-state index contributed by atoms with van der Waals surface area (Å²) in [6.07, 6.45) is 9.11. The Balaban J connectivity index is 1.57. The summed E-state index contributed by atoms with van der Waals surface area (Å²) in [5, 5.41) is 3.60. The lowest BCUT2D eigenvalue weighted by Crippen LogP contribution is -2.28. The van der Waals surface area contributed by atoms with Crippen molar-refractivity contribution in [3.63, 3.8) is 0 Å². The maximum Gasteiger partial charge on any atom is 0.161 e. The van der Waals surface area contributed by atoms with E-state index in [1.807, 2.05) is 30.4 Å². The highest BCUT2D eigenvalue weighted by Gasteiger charge is 2.21. The fraction of sp³-hybridized carbons (Fsp3) is 0.185. The highest BCUT2D eigenvalue weighted by molar-refractivity contribution is 7.14. The van der Waals surface area contributed by atoms with Gasteiger partial charge in [0.1, 0.15) is 6.61 Å². The van der Waals surface area contributed by atoms with Crippen LogP contribution in [0.5, 0.6) is 11.5 Å². The van der Waals surface area contributed by atoms with Crippen LogP contribution in [0.25, 0.3) is 18.2 Å². The number of fused-ring (bicyclic) bond motifs is 1. The van der Waals surface area contributed by atoms with Crippen LogP contribution in [-0.2, 0) is 13.0 Å². The molecule has 2 heterocycles. The van der Waals surface area contributed by atoms with Crippen molar-refractivity contribution in [3.05, 3.63) is 99.8 Å². The predicted molar refractivity (Wildman–Crippen MR) is 132 cm³/mol. The predicted octanol–water partition coefficient (Wildman–Crippen LogP) is 6.52. The Morgan fingerprint density at radius 3 is 2.65 bits per heavy atom. The molecule has 1 aromatic heterocycles. The van der Waals surface area contributed by atoms with Crippen LogP contribution in [0.15, 0.2) is 67.8 Å². The lowest BCUT2D eigenvalue weighted by atomic mass is 9.93. The SMILES string of the molecule is C=Cc1cc(/C=C/C2NCCc3cc(OCc4ccccc4)c(OC)cc32)sc1C=C. The Hall–Kier alpha value is -3.08. The van der Waals surface area contributed by atoms with E-state index >= 15 is 0 Å². The topological polar surface area (TPSA) is 30.5 Å². The zero-order valence-corrected chi connectivity index (χ0v) is 18.6. The van der Waals surface area contributed by atoms with Crippen molar-refractivity contribution >= 4 is 29.6 Å². The quantitative estimate of drug-likeness (QED) is 0.442. The second-order valence-electron chi connectivity index (χ2n) is 7.39. The monoisotopic (exact) mass is 429 g/mol. The molecule has 1 atom stereocenters. The molecular formula is C27H27NO2S. The average molecular weight is 430 g/mol. The first-order valence-corrected chi connectivity index (χ1v) is 11.2. The Bertz CT molecular complexity index is 1070. The molecule has 3 aromatic rings. The largest absolute Gasteiger partial charge is 0.493 e. The summed E-state index contributed by atoms with van der Waals surface area (Å²) in [5.74, 6) is 1.55. The van der Waals surface area contributed by atoms with Crippen molar-refractivity contribution in [1.29, 1.82) is 0 Å². The third kappa shape index (κ3) is 4.82. The molecule has 0 saturated heterocycles. The third-order valence-electron chi connectivity index (χ3n) is 5.42. The van der Waals surface area contributed by atoms with Gasteiger partial charge >= 0.3 is 0 Å². The van der Waals surface area contributed by atoms with Crippen molar-refractivity contribution in [2.75, 3.05) is 13.7 Å². The van der Waals surface area contributed by atoms with E-state index in [0.29, 0.717) is 6.61 Å². The Morgan fingerprint density at radius 2 is 1.94 bits per heavy atom. The van der Waals surface area contributed by atoms with Gasteiger partial charge < -0.3 is 14.8 Å². The molecule has 4 heteroatoms. The van der Waals surface area contributed by atoms with Crippen LogP contribution >= 0.6 is 11.3 Å². The molecule has 2 aromatic carbocycles. The van der Waals surface area contributed by atoms with Crippen LogP contribution in [0.3, 0.4) is 0 Å². The number of thiophene rings is 1. The Kier molecular flexibility index (Phi) is 6.70. The van der Waals surface area contributed by atoms with Gasteiger partial charge in [0.05, 0.1) is 13.2 Å². The van der Waals surface area contributed by atoms with Crippen LogP contribution in [0, 0.1) is 0 Å². The van der Waals surface area contributed by atoms with Crippen molar-refractivity contribution in [1.82, 2.24) is 5.32 Å². The molecule has 1 N–H and O–H groups in total. The summed E-state index contributed by atoms with van der Waals surface area (Å²) in [7, 11) is 1.69. The molecule has 3 nitrogen and oxygen atoms in total. The molecule has 0 spiro atoms. The second-order valence-corrected chi connectivity index (χ2v) is 8.51. The Morgan fingerprint density at radius 1 is 1.10 bits per heavy atom. The normalized spacial score (nSPS) is 15.5. The maximum atomic E-state index is 6.10. The van der Waals surface area contributed by atoms with E-state index in [-0.39, 0.29) is 6.04 Å². The number of ether oxygens (including phenoxy) is 2. The lowest BCUT2D eigenvalue weighted by Gasteiger charge is -2.26. The van der Waals surface area contributed by atoms with Gasteiger partial charge in [-0.05, 0) is 52.9 Å². The van der Waals surface area contributed by atoms with Crippen molar-refractivity contribution in [3.8, 4) is 11.5 Å². The number of rotatable bonds is 8. The van der Waals surface area contributed by atoms with E-state index in [2.05, 4.69) is 61.0 Å². The fourth-order valence-electron chi connectivity index (χ4n) is 3.81. The summed E-state index contributed by atoms with van der Waals surface area (Å²) in [4.78, 5) is 2.34. The third-order valence-corrected chi connectivity index (χ3v) is 6.54. The molecule has 0 bridgehead atoms. The summed E-state index contributed by atoms with van der Waals surface area (Å²) in [6.45, 7) is 9.23. The molecule has 0 saturated carbocycles. The molecule has 0 radical (unpaired) electrons. The van der Waals surface area contributed by atoms with Crippen LogP contribution in [0.1, 0.15) is 38.0 Å². The first kappa shape index (κ1) is 21.2. The second kappa shape index (κ2) is 9.82. The standard InChI is InChI=1S/C27H27NO2S/c1-4-20-15-22(31-27(20)5-2)11-12-24-23-17-25(29-3)26(16-21(23)13-14-28-24)30-18-19-9-7-6-8-10-19/h4-12,15-17,24,28H,1-2,13-14,18H2,3H3/b12-11+. The van der Waals surface area contributed by atoms with Gasteiger partial charge in [-0.15, -0.1) is 11.3 Å². The number of nitrogens with one attached hydrogen (secondary N) is 1. The van der Waals surface area contributed by atoms with E-state index in [1.165, 1.54) is 16.0 Å². The first-order valence-electron chi connectivity index (χ1n) is 10.4.